The van der Waals surface area contributed by atoms with Crippen LogP contribution in [0.4, 0.5) is 0 Å². The molecule has 0 amide bonds. The van der Waals surface area contributed by atoms with Gasteiger partial charge in [0.1, 0.15) is 17.7 Å². The van der Waals surface area contributed by atoms with E-state index in [9.17, 15) is 0 Å². The Kier molecular flexibility index (Phi) is 3.98. The molecule has 1 heterocycles. The van der Waals surface area contributed by atoms with E-state index in [0.29, 0.717) is 17.4 Å². The van der Waals surface area contributed by atoms with Crippen molar-refractivity contribution in [3.8, 4) is 11.9 Å². The zero-order valence-electron chi connectivity index (χ0n) is 10.2. The topological polar surface area (TPSA) is 45.9 Å². The molecule has 0 saturated heterocycles. The Morgan fingerprint density at radius 1 is 1.47 bits per heavy atom. The first-order valence-electron chi connectivity index (χ1n) is 6.37. The molecular weight excluding hydrogens is 212 g/mol. The van der Waals surface area contributed by atoms with E-state index in [1.165, 1.54) is 19.3 Å². The van der Waals surface area contributed by atoms with Gasteiger partial charge in [-0.25, -0.2) is 4.98 Å². The summed E-state index contributed by atoms with van der Waals surface area (Å²) in [6.07, 6.45) is 7.88. The minimum Gasteiger partial charge on any atom is -0.473 e. The number of ether oxygens (including phenoxy) is 1. The molecule has 2 unspecified atom stereocenters. The average Bonchev–Trinajstić information content (AvgIpc) is 2.40. The number of pyridine rings is 1. The van der Waals surface area contributed by atoms with Gasteiger partial charge in [-0.05, 0) is 43.7 Å². The van der Waals surface area contributed by atoms with E-state index in [0.717, 1.165) is 12.8 Å². The molecule has 1 fully saturated rings. The van der Waals surface area contributed by atoms with Crippen molar-refractivity contribution < 1.29 is 4.74 Å². The predicted molar refractivity (Wildman–Crippen MR) is 65.6 cm³/mol. The molecular formula is C14H18N2O. The smallest absolute Gasteiger partial charge is 0.231 e. The molecule has 3 nitrogen and oxygen atoms in total. The molecule has 1 saturated carbocycles. The average molecular weight is 230 g/mol. The third kappa shape index (κ3) is 2.76. The Morgan fingerprint density at radius 2 is 2.29 bits per heavy atom. The highest BCUT2D eigenvalue weighted by Gasteiger charge is 2.26. The van der Waals surface area contributed by atoms with Crippen molar-refractivity contribution in [1.82, 2.24) is 4.98 Å². The van der Waals surface area contributed by atoms with Crippen LogP contribution in [0.25, 0.3) is 0 Å². The first-order valence-corrected chi connectivity index (χ1v) is 6.37. The molecule has 1 aromatic rings. The maximum absolute atomic E-state index is 9.00. The molecule has 17 heavy (non-hydrogen) atoms. The standard InChI is InChI=1S/C14H18N2O/c1-2-11-6-3-4-8-13(11)17-14-12(10-15)7-5-9-16-14/h5,7,9,11,13H,2-4,6,8H2,1H3. The Bertz CT molecular complexity index is 411. The van der Waals surface area contributed by atoms with Gasteiger partial charge in [0.2, 0.25) is 5.88 Å². The lowest BCUT2D eigenvalue weighted by molar-refractivity contribution is 0.0855. The molecule has 3 heteroatoms. The number of aromatic nitrogens is 1. The quantitative estimate of drug-likeness (QED) is 0.800. The molecule has 0 spiro atoms. The van der Waals surface area contributed by atoms with Crippen LogP contribution in [0.15, 0.2) is 18.3 Å². The lowest BCUT2D eigenvalue weighted by Crippen LogP contribution is -2.30. The van der Waals surface area contributed by atoms with Gasteiger partial charge in [0.15, 0.2) is 0 Å². The summed E-state index contributed by atoms with van der Waals surface area (Å²) < 4.78 is 5.95. The van der Waals surface area contributed by atoms with E-state index in [1.54, 1.807) is 18.3 Å². The molecule has 2 rings (SSSR count). The SMILES string of the molecule is CCC1CCCCC1Oc1ncccc1C#N. The van der Waals surface area contributed by atoms with Crippen LogP contribution in [0.2, 0.25) is 0 Å². The van der Waals surface area contributed by atoms with Crippen LogP contribution in [0.5, 0.6) is 5.88 Å². The van der Waals surface area contributed by atoms with Crippen LogP contribution in [-0.2, 0) is 0 Å². The fourth-order valence-corrected chi connectivity index (χ4v) is 2.51. The Morgan fingerprint density at radius 3 is 3.06 bits per heavy atom. The summed E-state index contributed by atoms with van der Waals surface area (Å²) in [7, 11) is 0. The largest absolute Gasteiger partial charge is 0.473 e. The van der Waals surface area contributed by atoms with Gasteiger partial charge in [-0.2, -0.15) is 5.26 Å². The second-order valence-corrected chi connectivity index (χ2v) is 4.58. The number of rotatable bonds is 3. The summed E-state index contributed by atoms with van der Waals surface area (Å²) in [4.78, 5) is 4.17. The Labute approximate surface area is 102 Å². The van der Waals surface area contributed by atoms with Gasteiger partial charge < -0.3 is 4.74 Å². The summed E-state index contributed by atoms with van der Waals surface area (Å²) in [6, 6.07) is 5.65. The highest BCUT2D eigenvalue weighted by molar-refractivity contribution is 5.37. The van der Waals surface area contributed by atoms with Crippen molar-refractivity contribution in [3.05, 3.63) is 23.9 Å². The van der Waals surface area contributed by atoms with Gasteiger partial charge in [0.05, 0.1) is 0 Å². The molecule has 0 N–H and O–H groups in total. The summed E-state index contributed by atoms with van der Waals surface area (Å²) in [5.74, 6) is 1.11. The third-order valence-corrected chi connectivity index (χ3v) is 3.52. The van der Waals surface area contributed by atoms with Crippen molar-refractivity contribution in [3.63, 3.8) is 0 Å². The van der Waals surface area contributed by atoms with E-state index in [4.69, 9.17) is 10.00 Å². The molecule has 0 aliphatic heterocycles. The van der Waals surface area contributed by atoms with Gasteiger partial charge in [-0.15, -0.1) is 0 Å². The fraction of sp³-hybridized carbons (Fsp3) is 0.571. The Balaban J connectivity index is 2.11. The van der Waals surface area contributed by atoms with Gasteiger partial charge >= 0.3 is 0 Å². The Hall–Kier alpha value is -1.56. The highest BCUT2D eigenvalue weighted by atomic mass is 16.5. The van der Waals surface area contributed by atoms with Crippen LogP contribution >= 0.6 is 0 Å². The number of hydrogen-bond acceptors (Lipinski definition) is 3. The second kappa shape index (κ2) is 5.67. The first kappa shape index (κ1) is 11.9. The van der Waals surface area contributed by atoms with Crippen LogP contribution < -0.4 is 4.74 Å². The highest BCUT2D eigenvalue weighted by Crippen LogP contribution is 2.30. The lowest BCUT2D eigenvalue weighted by atomic mass is 9.85. The predicted octanol–water partition coefficient (Wildman–Crippen LogP) is 3.30. The van der Waals surface area contributed by atoms with Gasteiger partial charge in [0, 0.05) is 6.20 Å². The van der Waals surface area contributed by atoms with E-state index in [-0.39, 0.29) is 6.10 Å². The number of hydrogen-bond donors (Lipinski definition) is 0. The van der Waals surface area contributed by atoms with Crippen molar-refractivity contribution in [2.75, 3.05) is 0 Å². The maximum Gasteiger partial charge on any atom is 0.231 e. The van der Waals surface area contributed by atoms with Gasteiger partial charge in [0.25, 0.3) is 0 Å². The molecule has 90 valence electrons. The number of nitrogens with zero attached hydrogens (tertiary/aromatic N) is 2. The molecule has 2 atom stereocenters. The summed E-state index contributed by atoms with van der Waals surface area (Å²) in [5, 5.41) is 9.00. The fourth-order valence-electron chi connectivity index (χ4n) is 2.51. The minimum absolute atomic E-state index is 0.232. The van der Waals surface area contributed by atoms with Crippen LogP contribution in [-0.4, -0.2) is 11.1 Å². The third-order valence-electron chi connectivity index (χ3n) is 3.52. The second-order valence-electron chi connectivity index (χ2n) is 4.58. The summed E-state index contributed by atoms with van der Waals surface area (Å²) >= 11 is 0. The van der Waals surface area contributed by atoms with E-state index in [2.05, 4.69) is 18.0 Å². The number of nitriles is 1. The van der Waals surface area contributed by atoms with E-state index in [1.807, 2.05) is 0 Å². The zero-order valence-corrected chi connectivity index (χ0v) is 10.2. The van der Waals surface area contributed by atoms with E-state index < -0.39 is 0 Å². The molecule has 0 radical (unpaired) electrons. The molecule has 0 bridgehead atoms. The maximum atomic E-state index is 9.00. The molecule has 1 aliphatic rings. The van der Waals surface area contributed by atoms with Crippen molar-refractivity contribution in [2.45, 2.75) is 45.1 Å². The van der Waals surface area contributed by atoms with Gasteiger partial charge in [-0.3, -0.25) is 0 Å². The van der Waals surface area contributed by atoms with E-state index >= 15 is 0 Å². The normalized spacial score (nSPS) is 24.0. The summed E-state index contributed by atoms with van der Waals surface area (Å²) in [6.45, 7) is 2.20. The van der Waals surface area contributed by atoms with Gasteiger partial charge in [-0.1, -0.05) is 13.3 Å². The van der Waals surface area contributed by atoms with Crippen LogP contribution in [0.3, 0.4) is 0 Å². The molecule has 1 aromatic heterocycles. The van der Waals surface area contributed by atoms with Crippen LogP contribution in [0.1, 0.15) is 44.6 Å². The molecule has 0 aromatic carbocycles. The van der Waals surface area contributed by atoms with Crippen LogP contribution in [0, 0.1) is 17.2 Å². The van der Waals surface area contributed by atoms with Crippen molar-refractivity contribution in [1.29, 1.82) is 5.26 Å². The monoisotopic (exact) mass is 230 g/mol. The molecule has 1 aliphatic carbocycles. The minimum atomic E-state index is 0.232. The summed E-state index contributed by atoms with van der Waals surface area (Å²) in [5.41, 5.74) is 0.535. The zero-order chi connectivity index (χ0) is 12.1. The first-order chi connectivity index (χ1) is 8.35. The lowest BCUT2D eigenvalue weighted by Gasteiger charge is -2.30. The van der Waals surface area contributed by atoms with Crippen molar-refractivity contribution in [2.24, 2.45) is 5.92 Å². The van der Waals surface area contributed by atoms with Crippen molar-refractivity contribution >= 4 is 0 Å².